The van der Waals surface area contributed by atoms with Crippen LogP contribution in [0, 0.1) is 13.8 Å². The van der Waals surface area contributed by atoms with Crippen LogP contribution in [0.4, 0.5) is 5.69 Å². The normalized spacial score (nSPS) is 11.4. The summed E-state index contributed by atoms with van der Waals surface area (Å²) in [6.45, 7) is 5.24. The number of esters is 2. The van der Waals surface area contributed by atoms with E-state index in [0.717, 1.165) is 11.1 Å². The van der Waals surface area contributed by atoms with E-state index in [1.807, 2.05) is 32.0 Å². The summed E-state index contributed by atoms with van der Waals surface area (Å²) in [5, 5.41) is 2.78. The van der Waals surface area contributed by atoms with Gasteiger partial charge >= 0.3 is 11.9 Å². The number of carbonyl (C=O) groups is 3. The first-order chi connectivity index (χ1) is 12.3. The smallest absolute Gasteiger partial charge is 0.339 e. The SMILES string of the molecule is COC(=O)c1ccccc1C(=O)OC(C)C(=O)Nc1c(C)cccc1C. The van der Waals surface area contributed by atoms with Crippen molar-refractivity contribution in [1.29, 1.82) is 0 Å². The van der Waals surface area contributed by atoms with Gasteiger partial charge in [-0.2, -0.15) is 0 Å². The predicted molar refractivity (Wildman–Crippen MR) is 97.2 cm³/mol. The molecule has 1 unspecified atom stereocenters. The molecule has 0 saturated carbocycles. The number of ether oxygens (including phenoxy) is 2. The van der Waals surface area contributed by atoms with Crippen molar-refractivity contribution in [1.82, 2.24) is 0 Å². The number of nitrogens with one attached hydrogen (secondary N) is 1. The summed E-state index contributed by atoms with van der Waals surface area (Å²) < 4.78 is 9.89. The Morgan fingerprint density at radius 2 is 1.42 bits per heavy atom. The zero-order valence-corrected chi connectivity index (χ0v) is 15.2. The van der Waals surface area contributed by atoms with Crippen molar-refractivity contribution in [3.8, 4) is 0 Å². The number of carbonyl (C=O) groups excluding carboxylic acids is 3. The Hall–Kier alpha value is -3.15. The first kappa shape index (κ1) is 19.2. The summed E-state index contributed by atoms with van der Waals surface area (Å²) in [6.07, 6.45) is -1.03. The van der Waals surface area contributed by atoms with Gasteiger partial charge in [-0.25, -0.2) is 9.59 Å². The molecule has 0 spiro atoms. The Bertz CT molecular complexity index is 824. The number of hydrogen-bond acceptors (Lipinski definition) is 5. The molecule has 2 rings (SSSR count). The third kappa shape index (κ3) is 4.27. The van der Waals surface area contributed by atoms with Crippen molar-refractivity contribution in [2.45, 2.75) is 26.9 Å². The van der Waals surface area contributed by atoms with Crippen molar-refractivity contribution in [3.63, 3.8) is 0 Å². The van der Waals surface area contributed by atoms with Crippen LogP contribution < -0.4 is 5.32 Å². The van der Waals surface area contributed by atoms with Gasteiger partial charge in [0.2, 0.25) is 0 Å². The van der Waals surface area contributed by atoms with E-state index in [9.17, 15) is 14.4 Å². The molecule has 1 atom stereocenters. The summed E-state index contributed by atoms with van der Waals surface area (Å²) in [4.78, 5) is 36.5. The fourth-order valence-electron chi connectivity index (χ4n) is 2.46. The van der Waals surface area contributed by atoms with Gasteiger partial charge in [-0.3, -0.25) is 4.79 Å². The van der Waals surface area contributed by atoms with Gasteiger partial charge in [0.25, 0.3) is 5.91 Å². The number of benzene rings is 2. The average molecular weight is 355 g/mol. The van der Waals surface area contributed by atoms with Gasteiger partial charge < -0.3 is 14.8 Å². The molecule has 0 heterocycles. The highest BCUT2D eigenvalue weighted by Gasteiger charge is 2.23. The lowest BCUT2D eigenvalue weighted by molar-refractivity contribution is -0.123. The van der Waals surface area contributed by atoms with Crippen LogP contribution in [0.25, 0.3) is 0 Å². The Balaban J connectivity index is 2.12. The summed E-state index contributed by atoms with van der Waals surface area (Å²) in [6, 6.07) is 11.8. The van der Waals surface area contributed by atoms with Gasteiger partial charge in [0.15, 0.2) is 6.10 Å². The zero-order valence-electron chi connectivity index (χ0n) is 15.2. The highest BCUT2D eigenvalue weighted by molar-refractivity contribution is 6.04. The molecule has 0 aliphatic rings. The number of aryl methyl sites for hydroxylation is 2. The van der Waals surface area contributed by atoms with E-state index in [-0.39, 0.29) is 11.1 Å². The first-order valence-electron chi connectivity index (χ1n) is 8.10. The lowest BCUT2D eigenvalue weighted by Crippen LogP contribution is -2.31. The van der Waals surface area contributed by atoms with Crippen LogP contribution in [0.15, 0.2) is 42.5 Å². The second-order valence-electron chi connectivity index (χ2n) is 5.84. The second kappa shape index (κ2) is 8.29. The standard InChI is InChI=1S/C20H21NO5/c1-12-8-7-9-13(2)17(12)21-18(22)14(3)26-20(24)16-11-6-5-10-15(16)19(23)25-4/h5-11,14H,1-4H3,(H,21,22). The van der Waals surface area contributed by atoms with Crippen LogP contribution in [0.5, 0.6) is 0 Å². The molecule has 0 bridgehead atoms. The van der Waals surface area contributed by atoms with Gasteiger partial charge in [-0.1, -0.05) is 30.3 Å². The van der Waals surface area contributed by atoms with Gasteiger partial charge in [-0.15, -0.1) is 0 Å². The van der Waals surface area contributed by atoms with Crippen LogP contribution in [-0.2, 0) is 14.3 Å². The number of methoxy groups -OCH3 is 1. The lowest BCUT2D eigenvalue weighted by atomic mass is 10.1. The Labute approximate surface area is 152 Å². The topological polar surface area (TPSA) is 81.7 Å². The highest BCUT2D eigenvalue weighted by Crippen LogP contribution is 2.20. The molecule has 26 heavy (non-hydrogen) atoms. The molecule has 0 radical (unpaired) electrons. The maximum atomic E-state index is 12.4. The van der Waals surface area contributed by atoms with Crippen molar-refractivity contribution >= 4 is 23.5 Å². The summed E-state index contributed by atoms with van der Waals surface area (Å²) in [5.41, 5.74) is 2.64. The van der Waals surface area contributed by atoms with Crippen LogP contribution >= 0.6 is 0 Å². The highest BCUT2D eigenvalue weighted by atomic mass is 16.5. The molecular weight excluding hydrogens is 334 g/mol. The van der Waals surface area contributed by atoms with E-state index in [1.165, 1.54) is 26.2 Å². The third-order valence-corrected chi connectivity index (χ3v) is 3.93. The summed E-state index contributed by atoms with van der Waals surface area (Å²) in [7, 11) is 1.23. The molecule has 0 fully saturated rings. The van der Waals surface area contributed by atoms with E-state index in [2.05, 4.69) is 10.1 Å². The van der Waals surface area contributed by atoms with Gasteiger partial charge in [-0.05, 0) is 44.0 Å². The third-order valence-electron chi connectivity index (χ3n) is 3.93. The zero-order chi connectivity index (χ0) is 19.3. The predicted octanol–water partition coefficient (Wildman–Crippen LogP) is 3.27. The Morgan fingerprint density at radius 3 is 1.96 bits per heavy atom. The fraction of sp³-hybridized carbons (Fsp3) is 0.250. The van der Waals surface area contributed by atoms with Gasteiger partial charge in [0, 0.05) is 5.69 Å². The molecule has 6 nitrogen and oxygen atoms in total. The van der Waals surface area contributed by atoms with E-state index in [1.54, 1.807) is 12.1 Å². The fourth-order valence-corrected chi connectivity index (χ4v) is 2.46. The maximum Gasteiger partial charge on any atom is 0.339 e. The number of para-hydroxylation sites is 1. The number of amides is 1. The van der Waals surface area contributed by atoms with E-state index >= 15 is 0 Å². The Kier molecular flexibility index (Phi) is 6.11. The molecule has 136 valence electrons. The monoisotopic (exact) mass is 355 g/mol. The van der Waals surface area contributed by atoms with E-state index in [4.69, 9.17) is 4.74 Å². The maximum absolute atomic E-state index is 12.4. The molecule has 1 N–H and O–H groups in total. The minimum Gasteiger partial charge on any atom is -0.465 e. The molecule has 2 aromatic carbocycles. The number of hydrogen-bond donors (Lipinski definition) is 1. The van der Waals surface area contributed by atoms with E-state index in [0.29, 0.717) is 5.69 Å². The van der Waals surface area contributed by atoms with Gasteiger partial charge in [0.05, 0.1) is 18.2 Å². The van der Waals surface area contributed by atoms with Crippen molar-refractivity contribution < 1.29 is 23.9 Å². The molecule has 6 heteroatoms. The van der Waals surface area contributed by atoms with Crippen LogP contribution in [0.1, 0.15) is 38.8 Å². The van der Waals surface area contributed by atoms with Crippen LogP contribution in [-0.4, -0.2) is 31.1 Å². The van der Waals surface area contributed by atoms with Crippen molar-refractivity contribution in [2.75, 3.05) is 12.4 Å². The average Bonchev–Trinajstić information content (AvgIpc) is 2.63. The molecule has 2 aromatic rings. The van der Waals surface area contributed by atoms with Crippen LogP contribution in [0.3, 0.4) is 0 Å². The molecule has 0 aromatic heterocycles. The number of anilines is 1. The molecular formula is C20H21NO5. The Morgan fingerprint density at radius 1 is 0.885 bits per heavy atom. The second-order valence-corrected chi connectivity index (χ2v) is 5.84. The van der Waals surface area contributed by atoms with Crippen LogP contribution in [0.2, 0.25) is 0 Å². The summed E-state index contributed by atoms with van der Waals surface area (Å²) >= 11 is 0. The molecule has 0 aliphatic heterocycles. The quantitative estimate of drug-likeness (QED) is 0.833. The van der Waals surface area contributed by atoms with Crippen molar-refractivity contribution in [2.24, 2.45) is 0 Å². The van der Waals surface area contributed by atoms with Crippen molar-refractivity contribution in [3.05, 3.63) is 64.7 Å². The summed E-state index contributed by atoms with van der Waals surface area (Å²) in [5.74, 6) is -1.87. The minimum absolute atomic E-state index is 0.0473. The lowest BCUT2D eigenvalue weighted by Gasteiger charge is -2.16. The molecule has 0 saturated heterocycles. The molecule has 1 amide bonds. The minimum atomic E-state index is -1.03. The number of rotatable bonds is 5. The van der Waals surface area contributed by atoms with E-state index < -0.39 is 23.9 Å². The van der Waals surface area contributed by atoms with Gasteiger partial charge in [0.1, 0.15) is 0 Å². The first-order valence-corrected chi connectivity index (χ1v) is 8.10. The largest absolute Gasteiger partial charge is 0.465 e. The molecule has 0 aliphatic carbocycles.